The smallest absolute Gasteiger partial charge is 0.175 e. The summed E-state index contributed by atoms with van der Waals surface area (Å²) in [6.45, 7) is 1.81. The Labute approximate surface area is 170 Å². The molecule has 1 N–H and O–H groups in total. The van der Waals surface area contributed by atoms with Crippen molar-refractivity contribution in [1.82, 2.24) is 4.98 Å². The Morgan fingerprint density at radius 2 is 1.85 bits per heavy atom. The number of ketones is 1. The van der Waals surface area contributed by atoms with Crippen molar-refractivity contribution < 1.29 is 9.90 Å². The summed E-state index contributed by atoms with van der Waals surface area (Å²) in [5.74, 6) is -0.0898. The van der Waals surface area contributed by atoms with Gasteiger partial charge in [0, 0.05) is 12.0 Å². The summed E-state index contributed by atoms with van der Waals surface area (Å²) in [6.07, 6.45) is 0.697. The predicted molar refractivity (Wildman–Crippen MR) is 108 cm³/mol. The summed E-state index contributed by atoms with van der Waals surface area (Å²) in [5.41, 5.74) is 2.22. The Morgan fingerprint density at radius 1 is 1.12 bits per heavy atom. The summed E-state index contributed by atoms with van der Waals surface area (Å²) in [7, 11) is 0. The van der Waals surface area contributed by atoms with Crippen LogP contribution in [0.2, 0.25) is 15.1 Å². The Hall–Kier alpha value is -1.59. The van der Waals surface area contributed by atoms with Gasteiger partial charge < -0.3 is 5.11 Å². The molecule has 2 aromatic carbocycles. The Bertz CT molecular complexity index is 985. The second kappa shape index (κ2) is 7.97. The van der Waals surface area contributed by atoms with Gasteiger partial charge in [0.2, 0.25) is 0 Å². The van der Waals surface area contributed by atoms with Crippen LogP contribution in [0.3, 0.4) is 0 Å². The molecule has 1 aromatic heterocycles. The van der Waals surface area contributed by atoms with Crippen LogP contribution < -0.4 is 0 Å². The molecule has 0 saturated heterocycles. The molecule has 3 aromatic rings. The normalized spacial score (nSPS) is 10.9. The average Bonchev–Trinajstić information content (AvgIpc) is 3.01. The van der Waals surface area contributed by atoms with Crippen molar-refractivity contribution in [3.63, 3.8) is 0 Å². The average molecular weight is 427 g/mol. The van der Waals surface area contributed by atoms with E-state index in [0.717, 1.165) is 16.1 Å². The van der Waals surface area contributed by atoms with Gasteiger partial charge in [0.05, 0.1) is 20.6 Å². The fourth-order valence-electron chi connectivity index (χ4n) is 2.54. The largest absolute Gasteiger partial charge is 0.506 e. The lowest BCUT2D eigenvalue weighted by molar-refractivity contribution is 0.0986. The molecule has 0 bridgehead atoms. The minimum absolute atomic E-state index is 0.0152. The Morgan fingerprint density at radius 3 is 2.58 bits per heavy atom. The molecule has 0 fully saturated rings. The van der Waals surface area contributed by atoms with E-state index in [4.69, 9.17) is 34.8 Å². The quantitative estimate of drug-likeness (QED) is 0.468. The lowest BCUT2D eigenvalue weighted by Crippen LogP contribution is -2.01. The van der Waals surface area contributed by atoms with Crippen LogP contribution in [-0.4, -0.2) is 15.9 Å². The van der Waals surface area contributed by atoms with Crippen molar-refractivity contribution in [3.8, 4) is 16.3 Å². The van der Waals surface area contributed by atoms with Crippen molar-refractivity contribution in [2.45, 2.75) is 19.8 Å². The number of aryl methyl sites for hydroxylation is 2. The highest BCUT2D eigenvalue weighted by molar-refractivity contribution is 7.17. The van der Waals surface area contributed by atoms with Crippen LogP contribution in [0.1, 0.15) is 27.3 Å². The van der Waals surface area contributed by atoms with Gasteiger partial charge in [-0.1, -0.05) is 59.1 Å². The number of phenols is 1. The topological polar surface area (TPSA) is 50.2 Å². The fraction of sp³-hybridized carbons (Fsp3) is 0.158. The molecule has 7 heteroatoms. The van der Waals surface area contributed by atoms with Crippen molar-refractivity contribution in [2.24, 2.45) is 0 Å². The minimum Gasteiger partial charge on any atom is -0.506 e. The number of benzene rings is 2. The van der Waals surface area contributed by atoms with Crippen molar-refractivity contribution in [1.29, 1.82) is 0 Å². The van der Waals surface area contributed by atoms with Crippen LogP contribution in [-0.2, 0) is 6.42 Å². The van der Waals surface area contributed by atoms with E-state index in [-0.39, 0.29) is 28.0 Å². The zero-order valence-corrected chi connectivity index (χ0v) is 16.8. The van der Waals surface area contributed by atoms with Crippen LogP contribution in [0, 0.1) is 6.92 Å². The molecule has 0 aliphatic rings. The van der Waals surface area contributed by atoms with Gasteiger partial charge in [-0.05, 0) is 31.0 Å². The summed E-state index contributed by atoms with van der Waals surface area (Å²) >= 11 is 19.6. The number of Topliss-reactive ketones (excluding diaryl/α,β-unsaturated/α-hetero) is 1. The number of thiazole rings is 1. The molecular weight excluding hydrogens is 413 g/mol. The molecule has 0 unspecified atom stereocenters. The Balaban J connectivity index is 1.79. The molecule has 1 heterocycles. The molecule has 0 spiro atoms. The number of phenolic OH excluding ortho intramolecular Hbond substituents is 1. The molecule has 3 nitrogen and oxygen atoms in total. The standard InChI is InChI=1S/C19H14Cl3NO2S/c1-10-18(26-19(23-10)12-4-2-3-5-13(12)20)15(25)9-7-11-6-8-14(24)17(22)16(11)21/h2-6,8,24H,7,9H2,1H3. The molecule has 134 valence electrons. The van der Waals surface area contributed by atoms with Gasteiger partial charge in [-0.15, -0.1) is 11.3 Å². The number of rotatable bonds is 5. The first-order valence-electron chi connectivity index (χ1n) is 7.80. The number of hydrogen-bond acceptors (Lipinski definition) is 4. The SMILES string of the molecule is Cc1nc(-c2ccccc2Cl)sc1C(=O)CCc1ccc(O)c(Cl)c1Cl. The van der Waals surface area contributed by atoms with Gasteiger partial charge in [0.1, 0.15) is 15.8 Å². The number of halogens is 3. The van der Waals surface area contributed by atoms with E-state index in [9.17, 15) is 9.90 Å². The second-order valence-corrected chi connectivity index (χ2v) is 7.87. The van der Waals surface area contributed by atoms with Crippen LogP contribution in [0.15, 0.2) is 36.4 Å². The number of hydrogen-bond donors (Lipinski definition) is 1. The van der Waals surface area contributed by atoms with E-state index in [2.05, 4.69) is 4.98 Å². The van der Waals surface area contributed by atoms with Gasteiger partial charge in [0.15, 0.2) is 5.78 Å². The summed E-state index contributed by atoms with van der Waals surface area (Å²) < 4.78 is 0. The number of aromatic nitrogens is 1. The summed E-state index contributed by atoms with van der Waals surface area (Å²) in [6, 6.07) is 10.6. The third-order valence-electron chi connectivity index (χ3n) is 3.92. The maximum Gasteiger partial charge on any atom is 0.175 e. The highest BCUT2D eigenvalue weighted by Crippen LogP contribution is 2.36. The van der Waals surface area contributed by atoms with Crippen LogP contribution in [0.4, 0.5) is 0 Å². The highest BCUT2D eigenvalue weighted by Gasteiger charge is 2.18. The van der Waals surface area contributed by atoms with Crippen molar-refractivity contribution in [3.05, 3.63) is 67.6 Å². The molecule has 26 heavy (non-hydrogen) atoms. The predicted octanol–water partition coefficient (Wildman–Crippen LogP) is 6.60. The van der Waals surface area contributed by atoms with E-state index in [0.29, 0.717) is 22.0 Å². The second-order valence-electron chi connectivity index (χ2n) is 5.71. The van der Waals surface area contributed by atoms with Crippen molar-refractivity contribution >= 4 is 51.9 Å². The molecule has 0 radical (unpaired) electrons. The number of nitrogens with zero attached hydrogens (tertiary/aromatic N) is 1. The van der Waals surface area contributed by atoms with E-state index < -0.39 is 0 Å². The van der Waals surface area contributed by atoms with E-state index in [1.807, 2.05) is 25.1 Å². The number of aromatic hydroxyl groups is 1. The first kappa shape index (κ1) is 19.2. The highest BCUT2D eigenvalue weighted by atomic mass is 35.5. The number of carbonyl (C=O) groups is 1. The molecule has 0 aliphatic carbocycles. The van der Waals surface area contributed by atoms with Crippen LogP contribution >= 0.6 is 46.1 Å². The molecule has 0 aliphatic heterocycles. The summed E-state index contributed by atoms with van der Waals surface area (Å²) in [5, 5.41) is 11.3. The first-order valence-corrected chi connectivity index (χ1v) is 9.75. The zero-order valence-electron chi connectivity index (χ0n) is 13.7. The molecule has 0 saturated carbocycles. The Kier molecular flexibility index (Phi) is 5.88. The van der Waals surface area contributed by atoms with Crippen LogP contribution in [0.5, 0.6) is 5.75 Å². The van der Waals surface area contributed by atoms with E-state index in [1.54, 1.807) is 12.1 Å². The third kappa shape index (κ3) is 3.89. The molecule has 3 rings (SSSR count). The van der Waals surface area contributed by atoms with Gasteiger partial charge in [-0.3, -0.25) is 4.79 Å². The fourth-order valence-corrected chi connectivity index (χ4v) is 4.33. The number of carbonyl (C=O) groups excluding carboxylic acids is 1. The maximum absolute atomic E-state index is 12.6. The lowest BCUT2D eigenvalue weighted by Gasteiger charge is -2.06. The van der Waals surface area contributed by atoms with Crippen molar-refractivity contribution in [2.75, 3.05) is 0 Å². The first-order chi connectivity index (χ1) is 12.4. The van der Waals surface area contributed by atoms with Gasteiger partial charge >= 0.3 is 0 Å². The minimum atomic E-state index is -0.0746. The van der Waals surface area contributed by atoms with Gasteiger partial charge in [-0.2, -0.15) is 0 Å². The van der Waals surface area contributed by atoms with Crippen LogP contribution in [0.25, 0.3) is 10.6 Å². The molecular formula is C19H14Cl3NO2S. The monoisotopic (exact) mass is 425 g/mol. The summed E-state index contributed by atoms with van der Waals surface area (Å²) in [4.78, 5) is 17.7. The van der Waals surface area contributed by atoms with Gasteiger partial charge in [0.25, 0.3) is 0 Å². The maximum atomic E-state index is 12.6. The van der Waals surface area contributed by atoms with E-state index in [1.165, 1.54) is 17.4 Å². The lowest BCUT2D eigenvalue weighted by atomic mass is 10.1. The molecule has 0 amide bonds. The molecule has 0 atom stereocenters. The van der Waals surface area contributed by atoms with Gasteiger partial charge in [-0.25, -0.2) is 4.98 Å². The third-order valence-corrected chi connectivity index (χ3v) is 6.39. The van der Waals surface area contributed by atoms with E-state index >= 15 is 0 Å². The zero-order chi connectivity index (χ0) is 18.8.